The molecule has 0 aromatic rings. The van der Waals surface area contributed by atoms with Gasteiger partial charge in [-0.2, -0.15) is 0 Å². The molecule has 0 aliphatic carbocycles. The molecule has 15 heteroatoms. The van der Waals surface area contributed by atoms with Gasteiger partial charge in [0.1, 0.15) is 0 Å². The summed E-state index contributed by atoms with van der Waals surface area (Å²) in [5.41, 5.74) is 0. The number of aliphatic hydroxyl groups excluding tert-OH is 3. The third kappa shape index (κ3) is 27.2. The van der Waals surface area contributed by atoms with Crippen LogP contribution < -0.4 is 0 Å². The molecule has 5 unspecified atom stereocenters. The number of aliphatic hydroxyl groups is 3. The van der Waals surface area contributed by atoms with Crippen molar-refractivity contribution < 1.29 is 58.0 Å². The summed E-state index contributed by atoms with van der Waals surface area (Å²) in [5, 5.41) is 31.8. The van der Waals surface area contributed by atoms with E-state index in [-0.39, 0.29) is 31.8 Å². The normalized spacial score (nSPS) is 15.4. The van der Waals surface area contributed by atoms with E-state index in [4.69, 9.17) is 42.6 Å². The van der Waals surface area contributed by atoms with Gasteiger partial charge in [-0.15, -0.1) is 0 Å². The Kier molecular flexibility index (Phi) is 33.1. The average molecular weight is 702 g/mol. The number of nitrogens with zero attached hydrogens (tertiary/aromatic N) is 3. The van der Waals surface area contributed by atoms with Crippen molar-refractivity contribution in [1.82, 2.24) is 14.7 Å². The van der Waals surface area contributed by atoms with E-state index in [1.54, 1.807) is 42.7 Å². The van der Waals surface area contributed by atoms with Crippen molar-refractivity contribution >= 4 is 0 Å². The minimum Gasteiger partial charge on any atom is -0.389 e. The van der Waals surface area contributed by atoms with Crippen molar-refractivity contribution in [2.24, 2.45) is 5.92 Å². The van der Waals surface area contributed by atoms with Crippen LogP contribution in [0.4, 0.5) is 0 Å². The molecule has 15 nitrogen and oxygen atoms in total. The fourth-order valence-electron chi connectivity index (χ4n) is 4.84. The van der Waals surface area contributed by atoms with E-state index in [1.807, 2.05) is 0 Å². The lowest BCUT2D eigenvalue weighted by molar-refractivity contribution is -0.0528. The molecule has 0 aromatic carbocycles. The number of methoxy groups -OCH3 is 6. The summed E-state index contributed by atoms with van der Waals surface area (Å²) in [7, 11) is 9.89. The maximum atomic E-state index is 10.8. The Bertz CT molecular complexity index is 659. The van der Waals surface area contributed by atoms with Crippen LogP contribution in [0.2, 0.25) is 0 Å². The molecule has 290 valence electrons. The Balaban J connectivity index is 4.60. The molecule has 0 bridgehead atoms. The van der Waals surface area contributed by atoms with E-state index in [2.05, 4.69) is 21.6 Å². The molecule has 0 radical (unpaired) electrons. The summed E-state index contributed by atoms with van der Waals surface area (Å²) in [4.78, 5) is 6.24. The highest BCUT2D eigenvalue weighted by Crippen LogP contribution is 2.07. The monoisotopic (exact) mass is 702 g/mol. The fourth-order valence-corrected chi connectivity index (χ4v) is 4.84. The maximum Gasteiger partial charge on any atom is 0.0931 e. The fraction of sp³-hybridized carbons (Fsp3) is 1.00. The Morgan fingerprint density at radius 2 is 0.771 bits per heavy atom. The standard InChI is InChI=1S/C33H71N3O12/c1-8-29(23-46-25-30(37)19-34(9-14-40-2)10-15-41-3)24-47-26-32(39)21-36(13-18-44-6)22-33(45-7)28-48-27-31(38)20-35(11-16-42-4)12-17-43-5/h29-33,37-39H,8-28H2,1-7H3. The first-order valence-corrected chi connectivity index (χ1v) is 17.2. The molecule has 0 spiro atoms. The molecule has 0 aliphatic rings. The summed E-state index contributed by atoms with van der Waals surface area (Å²) in [6, 6.07) is 0. The minimum atomic E-state index is -0.710. The van der Waals surface area contributed by atoms with Crippen molar-refractivity contribution in [3.05, 3.63) is 0 Å². The highest BCUT2D eigenvalue weighted by Gasteiger charge is 2.20. The van der Waals surface area contributed by atoms with Crippen LogP contribution in [0.5, 0.6) is 0 Å². The van der Waals surface area contributed by atoms with E-state index in [0.717, 1.165) is 6.42 Å². The molecule has 0 fully saturated rings. The smallest absolute Gasteiger partial charge is 0.0931 e. The predicted molar refractivity (Wildman–Crippen MR) is 184 cm³/mol. The van der Waals surface area contributed by atoms with Crippen molar-refractivity contribution in [2.45, 2.75) is 37.8 Å². The Hall–Kier alpha value is -0.600. The van der Waals surface area contributed by atoms with E-state index in [0.29, 0.717) is 112 Å². The lowest BCUT2D eigenvalue weighted by Crippen LogP contribution is -2.43. The minimum absolute atomic E-state index is 0.143. The summed E-state index contributed by atoms with van der Waals surface area (Å²) in [6.45, 7) is 11.9. The van der Waals surface area contributed by atoms with Gasteiger partial charge in [-0.3, -0.25) is 14.7 Å². The van der Waals surface area contributed by atoms with Crippen molar-refractivity contribution in [3.8, 4) is 0 Å². The molecule has 5 atom stereocenters. The number of ether oxygens (including phenoxy) is 9. The number of rotatable bonds is 37. The molecular weight excluding hydrogens is 630 g/mol. The van der Waals surface area contributed by atoms with Crippen LogP contribution in [-0.2, 0) is 42.6 Å². The van der Waals surface area contributed by atoms with Gasteiger partial charge in [0.25, 0.3) is 0 Å². The molecule has 0 saturated carbocycles. The average Bonchev–Trinajstić information content (AvgIpc) is 3.08. The van der Waals surface area contributed by atoms with Crippen molar-refractivity contribution in [1.29, 1.82) is 0 Å². The summed E-state index contributed by atoms with van der Waals surface area (Å²) < 4.78 is 49.1. The molecule has 48 heavy (non-hydrogen) atoms. The van der Waals surface area contributed by atoms with E-state index >= 15 is 0 Å². The first-order chi connectivity index (χ1) is 23.3. The second-order valence-corrected chi connectivity index (χ2v) is 12.0. The highest BCUT2D eigenvalue weighted by atomic mass is 16.5. The first kappa shape index (κ1) is 47.4. The van der Waals surface area contributed by atoms with Crippen LogP contribution in [0.25, 0.3) is 0 Å². The van der Waals surface area contributed by atoms with E-state index in [1.165, 1.54) is 0 Å². The summed E-state index contributed by atoms with van der Waals surface area (Å²) in [6.07, 6.45) is -1.40. The van der Waals surface area contributed by atoms with Crippen LogP contribution in [0, 0.1) is 5.92 Å². The van der Waals surface area contributed by atoms with Crippen LogP contribution in [0.1, 0.15) is 13.3 Å². The zero-order chi connectivity index (χ0) is 35.8. The number of hydrogen-bond acceptors (Lipinski definition) is 15. The van der Waals surface area contributed by atoms with Crippen LogP contribution >= 0.6 is 0 Å². The zero-order valence-electron chi connectivity index (χ0n) is 31.1. The van der Waals surface area contributed by atoms with Gasteiger partial charge < -0.3 is 58.0 Å². The van der Waals surface area contributed by atoms with Crippen molar-refractivity contribution in [3.63, 3.8) is 0 Å². The van der Waals surface area contributed by atoms with Gasteiger partial charge in [0.15, 0.2) is 0 Å². The lowest BCUT2D eigenvalue weighted by Gasteiger charge is -2.29. The molecule has 0 rings (SSSR count). The second kappa shape index (κ2) is 33.5. The van der Waals surface area contributed by atoms with Gasteiger partial charge in [-0.05, 0) is 6.42 Å². The SMILES string of the molecule is CCC(COCC(O)CN(CCOC)CCOC)COCC(O)CN(CCOC)CC(COCC(O)CN(CCOC)CCOC)OC. The van der Waals surface area contributed by atoms with E-state index in [9.17, 15) is 15.3 Å². The third-order valence-electron chi connectivity index (χ3n) is 7.78. The van der Waals surface area contributed by atoms with Crippen LogP contribution in [-0.4, -0.2) is 229 Å². The first-order valence-electron chi connectivity index (χ1n) is 17.2. The molecular formula is C33H71N3O12. The van der Waals surface area contributed by atoms with Crippen LogP contribution in [0.3, 0.4) is 0 Å². The Labute approximate surface area is 290 Å². The molecule has 0 heterocycles. The molecule has 3 N–H and O–H groups in total. The largest absolute Gasteiger partial charge is 0.389 e. The zero-order valence-corrected chi connectivity index (χ0v) is 31.1. The van der Waals surface area contributed by atoms with E-state index < -0.39 is 18.3 Å². The molecule has 0 aliphatic heterocycles. The lowest BCUT2D eigenvalue weighted by atomic mass is 10.1. The molecule has 0 amide bonds. The quantitative estimate of drug-likeness (QED) is 0.0748. The van der Waals surface area contributed by atoms with Gasteiger partial charge in [-0.25, -0.2) is 0 Å². The van der Waals surface area contributed by atoms with Gasteiger partial charge in [0.05, 0.1) is 97.1 Å². The third-order valence-corrected chi connectivity index (χ3v) is 7.78. The van der Waals surface area contributed by atoms with Crippen LogP contribution in [0.15, 0.2) is 0 Å². The maximum absolute atomic E-state index is 10.8. The van der Waals surface area contributed by atoms with Gasteiger partial charge >= 0.3 is 0 Å². The predicted octanol–water partition coefficient (Wildman–Crippen LogP) is -0.702. The molecule has 0 aromatic heterocycles. The van der Waals surface area contributed by atoms with Gasteiger partial charge in [0, 0.05) is 107 Å². The number of hydrogen-bond donors (Lipinski definition) is 3. The van der Waals surface area contributed by atoms with Gasteiger partial charge in [0.2, 0.25) is 0 Å². The Morgan fingerprint density at radius 3 is 1.10 bits per heavy atom. The summed E-state index contributed by atoms with van der Waals surface area (Å²) in [5.74, 6) is 0.143. The summed E-state index contributed by atoms with van der Waals surface area (Å²) >= 11 is 0. The second-order valence-electron chi connectivity index (χ2n) is 12.0. The van der Waals surface area contributed by atoms with Crippen molar-refractivity contribution in [2.75, 3.05) is 174 Å². The topological polar surface area (TPSA) is 153 Å². The van der Waals surface area contributed by atoms with Gasteiger partial charge in [-0.1, -0.05) is 6.92 Å². The Morgan fingerprint density at radius 1 is 0.438 bits per heavy atom. The highest BCUT2D eigenvalue weighted by molar-refractivity contribution is 4.71. The molecule has 0 saturated heterocycles.